The van der Waals surface area contributed by atoms with E-state index in [1.807, 2.05) is 4.57 Å². The first kappa shape index (κ1) is 15.9. The molecule has 2 heterocycles. The highest BCUT2D eigenvalue weighted by atomic mass is 19.1. The number of aromatic nitrogens is 3. The molecule has 0 aliphatic heterocycles. The minimum Gasteiger partial charge on any atom is -0.477 e. The maximum absolute atomic E-state index is 13.3. The lowest BCUT2D eigenvalue weighted by Crippen LogP contribution is -2.21. The van der Waals surface area contributed by atoms with Crippen molar-refractivity contribution in [2.45, 2.75) is 39.3 Å². The zero-order valence-corrected chi connectivity index (χ0v) is 13.2. The summed E-state index contributed by atoms with van der Waals surface area (Å²) < 4.78 is 15.2. The van der Waals surface area contributed by atoms with Crippen LogP contribution in [0, 0.1) is 5.41 Å². The topological polar surface area (TPSA) is 80.0 Å². The number of carboxylic acids is 1. The van der Waals surface area contributed by atoms with Crippen molar-refractivity contribution in [3.63, 3.8) is 0 Å². The van der Waals surface area contributed by atoms with Crippen molar-refractivity contribution in [3.8, 4) is 0 Å². The smallest absolute Gasteiger partial charge is 0.354 e. The zero-order valence-electron chi connectivity index (χ0n) is 13.2. The molecule has 0 radical (unpaired) electrons. The largest absolute Gasteiger partial charge is 0.477 e. The van der Waals surface area contributed by atoms with Gasteiger partial charge in [-0.25, -0.2) is 14.8 Å². The molecule has 0 unspecified atom stereocenters. The van der Waals surface area contributed by atoms with Gasteiger partial charge in [-0.1, -0.05) is 6.92 Å². The van der Waals surface area contributed by atoms with E-state index in [1.54, 1.807) is 6.07 Å². The molecule has 0 atom stereocenters. The van der Waals surface area contributed by atoms with Crippen LogP contribution in [0.4, 0.5) is 4.39 Å². The molecule has 1 fully saturated rings. The quantitative estimate of drug-likeness (QED) is 0.730. The molecule has 0 bridgehead atoms. The number of imidazole rings is 1. The lowest BCUT2D eigenvalue weighted by Gasteiger charge is -2.15. The van der Waals surface area contributed by atoms with Gasteiger partial charge in [0.2, 0.25) is 0 Å². The minimum absolute atomic E-state index is 0.0168. The molecule has 1 aliphatic carbocycles. The van der Waals surface area contributed by atoms with Crippen LogP contribution in [0.15, 0.2) is 12.1 Å². The number of carbonyl (C=O) groups is 1. The predicted octanol–water partition coefficient (Wildman–Crippen LogP) is 2.38. The second-order valence-electron chi connectivity index (χ2n) is 6.27. The third-order valence-corrected chi connectivity index (χ3v) is 4.33. The highest BCUT2D eigenvalue weighted by Gasteiger charge is 2.44. The lowest BCUT2D eigenvalue weighted by molar-refractivity contribution is 0.0691. The summed E-state index contributed by atoms with van der Waals surface area (Å²) in [5.41, 5.74) is 0.835. The highest BCUT2D eigenvalue weighted by Crippen LogP contribution is 2.48. The molecule has 0 saturated heterocycles. The van der Waals surface area contributed by atoms with Crippen LogP contribution >= 0.6 is 0 Å². The summed E-state index contributed by atoms with van der Waals surface area (Å²) in [6.45, 7) is 3.64. The number of fused-ring (bicyclic) bond motifs is 1. The maximum Gasteiger partial charge on any atom is 0.354 e. The number of carboxylic acid groups (broad SMARTS) is 1. The molecule has 0 spiro atoms. The second-order valence-corrected chi connectivity index (χ2v) is 6.27. The molecule has 1 aliphatic rings. The first-order valence-corrected chi connectivity index (χ1v) is 7.95. The van der Waals surface area contributed by atoms with Crippen molar-refractivity contribution in [1.29, 1.82) is 0 Å². The molecule has 124 valence electrons. The van der Waals surface area contributed by atoms with E-state index in [2.05, 4.69) is 22.2 Å². The van der Waals surface area contributed by atoms with Crippen molar-refractivity contribution in [1.82, 2.24) is 19.9 Å². The van der Waals surface area contributed by atoms with Crippen LogP contribution in [0.3, 0.4) is 0 Å². The SMILES string of the molecule is CCCNCc1nc2ccc(C(=O)O)nc2n1CC1(CF)CC1. The van der Waals surface area contributed by atoms with Gasteiger partial charge in [-0.3, -0.25) is 4.39 Å². The van der Waals surface area contributed by atoms with Crippen LogP contribution in [-0.2, 0) is 13.1 Å². The Labute approximate surface area is 133 Å². The summed E-state index contributed by atoms with van der Waals surface area (Å²) in [5.74, 6) is -0.292. The Morgan fingerprint density at radius 3 is 2.83 bits per heavy atom. The third kappa shape index (κ3) is 3.19. The van der Waals surface area contributed by atoms with Crippen LogP contribution in [0.1, 0.15) is 42.5 Å². The monoisotopic (exact) mass is 320 g/mol. The minimum atomic E-state index is -1.07. The number of hydrogen-bond donors (Lipinski definition) is 2. The zero-order chi connectivity index (χ0) is 16.4. The Morgan fingerprint density at radius 1 is 1.43 bits per heavy atom. The number of rotatable bonds is 8. The standard InChI is InChI=1S/C16H21FN4O2/c1-2-7-18-8-13-19-11-3-4-12(15(22)23)20-14(11)21(13)10-16(9-17)5-6-16/h3-4,18H,2,5-10H2,1H3,(H,22,23). The van der Waals surface area contributed by atoms with Gasteiger partial charge in [0.25, 0.3) is 0 Å². The van der Waals surface area contributed by atoms with Crippen molar-refractivity contribution >= 4 is 17.1 Å². The summed E-state index contributed by atoms with van der Waals surface area (Å²) in [6.07, 6.45) is 2.71. The van der Waals surface area contributed by atoms with Crippen molar-refractivity contribution in [3.05, 3.63) is 23.7 Å². The summed E-state index contributed by atoms with van der Waals surface area (Å²) in [5, 5.41) is 12.4. The molecule has 1 saturated carbocycles. The molecule has 0 aromatic carbocycles. The summed E-state index contributed by atoms with van der Waals surface area (Å²) in [6, 6.07) is 3.12. The first-order valence-electron chi connectivity index (χ1n) is 7.95. The van der Waals surface area contributed by atoms with E-state index >= 15 is 0 Å². The van der Waals surface area contributed by atoms with E-state index in [0.717, 1.165) is 31.6 Å². The van der Waals surface area contributed by atoms with Crippen molar-refractivity contribution < 1.29 is 14.3 Å². The van der Waals surface area contributed by atoms with E-state index in [4.69, 9.17) is 5.11 Å². The van der Waals surface area contributed by atoms with Gasteiger partial charge in [-0.05, 0) is 37.9 Å². The Kier molecular flexibility index (Phi) is 4.30. The fraction of sp³-hybridized carbons (Fsp3) is 0.562. The van der Waals surface area contributed by atoms with Gasteiger partial charge in [-0.15, -0.1) is 0 Å². The van der Waals surface area contributed by atoms with E-state index in [9.17, 15) is 9.18 Å². The second kappa shape index (κ2) is 6.23. The molecule has 0 amide bonds. The number of pyridine rings is 1. The van der Waals surface area contributed by atoms with Gasteiger partial charge in [0, 0.05) is 12.0 Å². The molecule has 7 heteroatoms. The number of aromatic carboxylic acids is 1. The normalized spacial score (nSPS) is 15.9. The fourth-order valence-corrected chi connectivity index (χ4v) is 2.69. The molecule has 2 N–H and O–H groups in total. The summed E-state index contributed by atoms with van der Waals surface area (Å²) >= 11 is 0. The van der Waals surface area contributed by atoms with Crippen molar-refractivity contribution in [2.75, 3.05) is 13.2 Å². The molecular weight excluding hydrogens is 299 g/mol. The Morgan fingerprint density at radius 2 is 2.22 bits per heavy atom. The van der Waals surface area contributed by atoms with Crippen molar-refractivity contribution in [2.24, 2.45) is 5.41 Å². The fourth-order valence-electron chi connectivity index (χ4n) is 2.69. The molecule has 23 heavy (non-hydrogen) atoms. The van der Waals surface area contributed by atoms with Gasteiger partial charge in [0.15, 0.2) is 11.3 Å². The number of nitrogens with one attached hydrogen (secondary N) is 1. The van der Waals surface area contributed by atoms with Crippen LogP contribution in [0.25, 0.3) is 11.2 Å². The third-order valence-electron chi connectivity index (χ3n) is 4.33. The number of nitrogens with zero attached hydrogens (tertiary/aromatic N) is 3. The predicted molar refractivity (Wildman–Crippen MR) is 84.1 cm³/mol. The van der Waals surface area contributed by atoms with Gasteiger partial charge in [0.1, 0.15) is 11.3 Å². The Hall–Kier alpha value is -2.02. The summed E-state index contributed by atoms with van der Waals surface area (Å²) in [7, 11) is 0. The number of hydrogen-bond acceptors (Lipinski definition) is 4. The lowest BCUT2D eigenvalue weighted by atomic mass is 10.1. The van der Waals surface area contributed by atoms with Gasteiger partial charge >= 0.3 is 5.97 Å². The Bertz CT molecular complexity index is 724. The summed E-state index contributed by atoms with van der Waals surface area (Å²) in [4.78, 5) is 19.9. The van der Waals surface area contributed by atoms with E-state index in [1.165, 1.54) is 6.07 Å². The van der Waals surface area contributed by atoms with Crippen LogP contribution in [-0.4, -0.2) is 38.8 Å². The van der Waals surface area contributed by atoms with Crippen LogP contribution in [0.5, 0.6) is 0 Å². The van der Waals surface area contributed by atoms with E-state index < -0.39 is 5.97 Å². The molecule has 2 aromatic heterocycles. The average Bonchev–Trinajstić information content (AvgIpc) is 3.24. The highest BCUT2D eigenvalue weighted by molar-refractivity contribution is 5.88. The maximum atomic E-state index is 13.3. The van der Waals surface area contributed by atoms with Crippen LogP contribution < -0.4 is 5.32 Å². The number of halogens is 1. The molecular formula is C16H21FN4O2. The van der Waals surface area contributed by atoms with Crippen LogP contribution in [0.2, 0.25) is 0 Å². The van der Waals surface area contributed by atoms with E-state index in [-0.39, 0.29) is 17.8 Å². The molecule has 6 nitrogen and oxygen atoms in total. The average molecular weight is 320 g/mol. The van der Waals surface area contributed by atoms with Gasteiger partial charge < -0.3 is 15.0 Å². The van der Waals surface area contributed by atoms with E-state index in [0.29, 0.717) is 24.3 Å². The molecule has 2 aromatic rings. The molecule has 3 rings (SSSR count). The van der Waals surface area contributed by atoms with Gasteiger partial charge in [-0.2, -0.15) is 0 Å². The first-order chi connectivity index (χ1) is 11.1. The Balaban J connectivity index is 2.00. The number of alkyl halides is 1. The van der Waals surface area contributed by atoms with Gasteiger partial charge in [0.05, 0.1) is 13.2 Å².